The summed E-state index contributed by atoms with van der Waals surface area (Å²) in [5.41, 5.74) is 7.13. The van der Waals surface area contributed by atoms with E-state index in [1.807, 2.05) is 18.2 Å². The van der Waals surface area contributed by atoms with Crippen LogP contribution in [0.2, 0.25) is 0 Å². The number of hydrogen-bond donors (Lipinski definition) is 1. The fourth-order valence-electron chi connectivity index (χ4n) is 4.13. The third-order valence-electron chi connectivity index (χ3n) is 5.23. The van der Waals surface area contributed by atoms with Crippen molar-refractivity contribution in [1.82, 2.24) is 4.90 Å². The second kappa shape index (κ2) is 6.61. The van der Waals surface area contributed by atoms with Crippen molar-refractivity contribution in [2.75, 3.05) is 13.1 Å². The predicted molar refractivity (Wildman–Crippen MR) is 84.8 cm³/mol. The predicted octanol–water partition coefficient (Wildman–Crippen LogP) is 2.60. The number of rotatable bonds is 4. The zero-order valence-corrected chi connectivity index (χ0v) is 12.7. The average Bonchev–Trinajstić information content (AvgIpc) is 3.01. The Bertz CT molecular complexity index is 473. The zero-order valence-electron chi connectivity index (χ0n) is 12.7. The highest BCUT2D eigenvalue weighted by atomic mass is 16.2. The molecule has 1 aliphatic carbocycles. The summed E-state index contributed by atoms with van der Waals surface area (Å²) in [7, 11) is 0. The van der Waals surface area contributed by atoms with E-state index in [-0.39, 0.29) is 11.8 Å². The van der Waals surface area contributed by atoms with Crippen molar-refractivity contribution in [2.24, 2.45) is 17.6 Å². The van der Waals surface area contributed by atoms with Gasteiger partial charge in [-0.05, 0) is 43.6 Å². The van der Waals surface area contributed by atoms with Crippen LogP contribution in [0.15, 0.2) is 30.3 Å². The van der Waals surface area contributed by atoms with Crippen molar-refractivity contribution in [3.8, 4) is 0 Å². The van der Waals surface area contributed by atoms with Crippen LogP contribution in [0.25, 0.3) is 0 Å². The van der Waals surface area contributed by atoms with Gasteiger partial charge in [0.1, 0.15) is 0 Å². The Kier molecular flexibility index (Phi) is 4.59. The summed E-state index contributed by atoms with van der Waals surface area (Å²) in [4.78, 5) is 15.1. The molecule has 1 amide bonds. The van der Waals surface area contributed by atoms with Gasteiger partial charge in [-0.2, -0.15) is 0 Å². The van der Waals surface area contributed by atoms with Gasteiger partial charge in [-0.25, -0.2) is 0 Å². The zero-order chi connectivity index (χ0) is 14.7. The molecule has 1 saturated carbocycles. The van der Waals surface area contributed by atoms with Gasteiger partial charge in [0, 0.05) is 19.1 Å². The summed E-state index contributed by atoms with van der Waals surface area (Å²) < 4.78 is 0. The van der Waals surface area contributed by atoms with Gasteiger partial charge in [0.05, 0.1) is 5.92 Å². The quantitative estimate of drug-likeness (QED) is 0.924. The smallest absolute Gasteiger partial charge is 0.227 e. The number of carbonyl (C=O) groups is 1. The molecular weight excluding hydrogens is 260 g/mol. The maximum atomic E-state index is 12.9. The minimum absolute atomic E-state index is 0.0632. The van der Waals surface area contributed by atoms with Crippen LogP contribution in [0.5, 0.6) is 0 Å². The number of fused-ring (bicyclic) bond motifs is 1. The Hall–Kier alpha value is -1.35. The van der Waals surface area contributed by atoms with E-state index in [9.17, 15) is 4.79 Å². The molecule has 3 nitrogen and oxygen atoms in total. The first kappa shape index (κ1) is 14.6. The van der Waals surface area contributed by atoms with Crippen molar-refractivity contribution in [3.05, 3.63) is 35.9 Å². The normalized spacial score (nSPS) is 26.4. The summed E-state index contributed by atoms with van der Waals surface area (Å²) in [5.74, 6) is 0.975. The highest BCUT2D eigenvalue weighted by Gasteiger charge is 2.38. The second-order valence-corrected chi connectivity index (χ2v) is 6.55. The molecule has 0 bridgehead atoms. The van der Waals surface area contributed by atoms with Crippen LogP contribution in [0.3, 0.4) is 0 Å². The van der Waals surface area contributed by atoms with E-state index < -0.39 is 0 Å². The lowest BCUT2D eigenvalue weighted by molar-refractivity contribution is -0.140. The van der Waals surface area contributed by atoms with Crippen molar-refractivity contribution in [3.63, 3.8) is 0 Å². The van der Waals surface area contributed by atoms with Crippen LogP contribution in [0, 0.1) is 11.8 Å². The minimum atomic E-state index is -0.0632. The number of carbonyl (C=O) groups excluding carboxylic acids is 1. The minimum Gasteiger partial charge on any atom is -0.339 e. The molecule has 114 valence electrons. The van der Waals surface area contributed by atoms with Crippen LogP contribution >= 0.6 is 0 Å². The van der Waals surface area contributed by atoms with Gasteiger partial charge in [0.2, 0.25) is 5.91 Å². The molecule has 1 saturated heterocycles. The summed E-state index contributed by atoms with van der Waals surface area (Å²) in [6.07, 6.45) is 7.02. The average molecular weight is 286 g/mol. The molecule has 0 aromatic heterocycles. The molecule has 0 radical (unpaired) electrons. The topological polar surface area (TPSA) is 46.3 Å². The van der Waals surface area contributed by atoms with Crippen LogP contribution in [0.4, 0.5) is 0 Å². The Balaban J connectivity index is 1.69. The largest absolute Gasteiger partial charge is 0.339 e. The lowest BCUT2D eigenvalue weighted by Crippen LogP contribution is -2.50. The first-order valence-electron chi connectivity index (χ1n) is 8.34. The molecule has 1 aromatic rings. The van der Waals surface area contributed by atoms with Crippen LogP contribution in [-0.2, 0) is 11.2 Å². The van der Waals surface area contributed by atoms with Gasteiger partial charge < -0.3 is 10.6 Å². The number of hydrogen-bond acceptors (Lipinski definition) is 2. The summed E-state index contributed by atoms with van der Waals surface area (Å²) in [5, 5.41) is 0. The molecule has 1 aliphatic heterocycles. The number of nitrogens with two attached hydrogens (primary N) is 1. The molecule has 21 heavy (non-hydrogen) atoms. The number of amides is 1. The van der Waals surface area contributed by atoms with E-state index in [4.69, 9.17) is 5.73 Å². The van der Waals surface area contributed by atoms with Crippen LogP contribution < -0.4 is 5.73 Å². The summed E-state index contributed by atoms with van der Waals surface area (Å²) in [6, 6.07) is 10.7. The van der Waals surface area contributed by atoms with E-state index in [2.05, 4.69) is 17.0 Å². The van der Waals surface area contributed by atoms with Gasteiger partial charge in [-0.15, -0.1) is 0 Å². The Morgan fingerprint density at radius 1 is 1.19 bits per heavy atom. The van der Waals surface area contributed by atoms with Gasteiger partial charge in [-0.3, -0.25) is 4.79 Å². The van der Waals surface area contributed by atoms with Crippen LogP contribution in [-0.4, -0.2) is 29.9 Å². The molecule has 2 N–H and O–H groups in total. The van der Waals surface area contributed by atoms with Crippen molar-refractivity contribution in [1.29, 1.82) is 0 Å². The molecule has 0 spiro atoms. The SMILES string of the molecule is NCC(Cc1ccccc1)C(=O)N1CCCC2CCCC21. The van der Waals surface area contributed by atoms with E-state index in [0.717, 1.165) is 25.3 Å². The van der Waals surface area contributed by atoms with Gasteiger partial charge >= 0.3 is 0 Å². The Morgan fingerprint density at radius 2 is 1.95 bits per heavy atom. The van der Waals surface area contributed by atoms with Gasteiger partial charge in [0.25, 0.3) is 0 Å². The summed E-state index contributed by atoms with van der Waals surface area (Å²) >= 11 is 0. The Morgan fingerprint density at radius 3 is 2.71 bits per heavy atom. The fraction of sp³-hybridized carbons (Fsp3) is 0.611. The van der Waals surface area contributed by atoms with E-state index in [1.165, 1.54) is 31.2 Å². The Labute approximate surface area is 127 Å². The first-order chi connectivity index (χ1) is 10.3. The highest BCUT2D eigenvalue weighted by Crippen LogP contribution is 2.37. The van der Waals surface area contributed by atoms with Gasteiger partial charge in [-0.1, -0.05) is 36.8 Å². The van der Waals surface area contributed by atoms with Gasteiger partial charge in [0.15, 0.2) is 0 Å². The molecule has 3 atom stereocenters. The fourth-order valence-corrected chi connectivity index (χ4v) is 4.13. The van der Waals surface area contributed by atoms with E-state index in [1.54, 1.807) is 0 Å². The maximum absolute atomic E-state index is 12.9. The van der Waals surface area contributed by atoms with E-state index in [0.29, 0.717) is 12.6 Å². The molecule has 2 aliphatic rings. The van der Waals surface area contributed by atoms with Crippen molar-refractivity contribution >= 4 is 5.91 Å². The number of likely N-dealkylation sites (tertiary alicyclic amines) is 1. The molecule has 2 fully saturated rings. The van der Waals surface area contributed by atoms with Crippen molar-refractivity contribution < 1.29 is 4.79 Å². The third kappa shape index (κ3) is 3.13. The third-order valence-corrected chi connectivity index (χ3v) is 5.23. The number of piperidine rings is 1. The molecule has 1 heterocycles. The number of nitrogens with zero attached hydrogens (tertiary/aromatic N) is 1. The molecular formula is C18H26N2O. The molecule has 1 aromatic carbocycles. The van der Waals surface area contributed by atoms with Crippen molar-refractivity contribution in [2.45, 2.75) is 44.6 Å². The summed E-state index contributed by atoms with van der Waals surface area (Å²) in [6.45, 7) is 1.38. The standard InChI is InChI=1S/C18H26N2O/c19-13-16(12-14-6-2-1-3-7-14)18(21)20-11-5-9-15-8-4-10-17(15)20/h1-3,6-7,15-17H,4-5,8-13,19H2. The highest BCUT2D eigenvalue weighted by molar-refractivity contribution is 5.80. The lowest BCUT2D eigenvalue weighted by atomic mass is 9.89. The lowest BCUT2D eigenvalue weighted by Gasteiger charge is -2.39. The monoisotopic (exact) mass is 286 g/mol. The first-order valence-corrected chi connectivity index (χ1v) is 8.34. The maximum Gasteiger partial charge on any atom is 0.227 e. The number of benzene rings is 1. The van der Waals surface area contributed by atoms with Crippen LogP contribution in [0.1, 0.15) is 37.7 Å². The molecule has 3 heteroatoms. The van der Waals surface area contributed by atoms with E-state index >= 15 is 0 Å². The molecule has 3 rings (SSSR count). The second-order valence-electron chi connectivity index (χ2n) is 6.55. The molecule has 3 unspecified atom stereocenters.